The Kier molecular flexibility index (Phi) is 6.80. The van der Waals surface area contributed by atoms with Crippen molar-refractivity contribution >= 4 is 23.2 Å². The molecule has 0 radical (unpaired) electrons. The van der Waals surface area contributed by atoms with Crippen LogP contribution < -0.4 is 10.6 Å². The largest absolute Gasteiger partial charge is 0.356 e. The van der Waals surface area contributed by atoms with Crippen LogP contribution in [0.25, 0.3) is 0 Å². The van der Waals surface area contributed by atoms with Gasteiger partial charge in [-0.2, -0.15) is 0 Å². The zero-order chi connectivity index (χ0) is 19.1. The summed E-state index contributed by atoms with van der Waals surface area (Å²) in [6.07, 6.45) is 2.58. The number of hydrogen-bond acceptors (Lipinski definition) is 5. The second-order valence-corrected chi connectivity index (χ2v) is 7.62. The van der Waals surface area contributed by atoms with Crippen molar-refractivity contribution in [2.24, 2.45) is 12.0 Å². The zero-order valence-electron chi connectivity index (χ0n) is 15.9. The summed E-state index contributed by atoms with van der Waals surface area (Å²) >= 11 is 1.71. The van der Waals surface area contributed by atoms with Crippen LogP contribution in [0.5, 0.6) is 0 Å². The maximum absolute atomic E-state index is 11.7. The Morgan fingerprint density at radius 3 is 2.93 bits per heavy atom. The summed E-state index contributed by atoms with van der Waals surface area (Å²) in [6.45, 7) is 5.56. The molecule has 0 unspecified atom stereocenters. The van der Waals surface area contributed by atoms with Crippen molar-refractivity contribution in [1.29, 1.82) is 0 Å². The predicted octanol–water partition coefficient (Wildman–Crippen LogP) is 1.43. The summed E-state index contributed by atoms with van der Waals surface area (Å²) in [7, 11) is 1.94. The van der Waals surface area contributed by atoms with Crippen LogP contribution in [0.2, 0.25) is 0 Å². The smallest absolute Gasteiger partial charge is 0.222 e. The first-order valence-corrected chi connectivity index (χ1v) is 10.2. The van der Waals surface area contributed by atoms with Gasteiger partial charge in [0.2, 0.25) is 5.91 Å². The summed E-state index contributed by atoms with van der Waals surface area (Å²) in [6, 6.07) is 4.14. The van der Waals surface area contributed by atoms with E-state index in [4.69, 9.17) is 0 Å². The molecular weight excluding hydrogens is 362 g/mol. The van der Waals surface area contributed by atoms with Gasteiger partial charge >= 0.3 is 0 Å². The fourth-order valence-corrected chi connectivity index (χ4v) is 3.56. The highest BCUT2D eigenvalue weighted by atomic mass is 32.1. The predicted molar refractivity (Wildman–Crippen MR) is 106 cm³/mol. The topological polar surface area (TPSA) is 87.4 Å². The molecule has 0 aliphatic carbocycles. The van der Waals surface area contributed by atoms with Gasteiger partial charge in [0.15, 0.2) is 11.8 Å². The van der Waals surface area contributed by atoms with Crippen LogP contribution in [-0.2, 0) is 24.9 Å². The fraction of sp³-hybridized carbons (Fsp3) is 0.556. The van der Waals surface area contributed by atoms with E-state index in [-0.39, 0.29) is 5.91 Å². The molecule has 1 fully saturated rings. The van der Waals surface area contributed by atoms with E-state index in [0.717, 1.165) is 56.6 Å². The van der Waals surface area contributed by atoms with Crippen molar-refractivity contribution in [1.82, 2.24) is 30.3 Å². The van der Waals surface area contributed by atoms with Gasteiger partial charge in [0, 0.05) is 38.0 Å². The van der Waals surface area contributed by atoms with Crippen LogP contribution >= 0.6 is 11.3 Å². The molecule has 0 spiro atoms. The average molecular weight is 390 g/mol. The molecule has 0 bridgehead atoms. The summed E-state index contributed by atoms with van der Waals surface area (Å²) in [5.74, 6) is 2.72. The maximum atomic E-state index is 11.7. The molecule has 0 aromatic carbocycles. The lowest BCUT2D eigenvalue weighted by molar-refractivity contribution is -0.127. The Balaban J connectivity index is 1.52. The molecule has 3 heterocycles. The number of nitrogens with zero attached hydrogens (tertiary/aromatic N) is 5. The number of thiophene rings is 1. The Morgan fingerprint density at radius 1 is 1.37 bits per heavy atom. The van der Waals surface area contributed by atoms with Crippen LogP contribution in [0.4, 0.5) is 0 Å². The number of aliphatic imine (C=N–C) groups is 1. The Labute approximate surface area is 163 Å². The third-order valence-corrected chi connectivity index (χ3v) is 5.52. The number of likely N-dealkylation sites (tertiary alicyclic amines) is 1. The van der Waals surface area contributed by atoms with Gasteiger partial charge in [-0.1, -0.05) is 6.07 Å². The van der Waals surface area contributed by atoms with E-state index >= 15 is 0 Å². The van der Waals surface area contributed by atoms with Crippen molar-refractivity contribution in [2.45, 2.75) is 39.3 Å². The van der Waals surface area contributed by atoms with Gasteiger partial charge in [0.1, 0.15) is 12.4 Å². The molecule has 27 heavy (non-hydrogen) atoms. The molecule has 3 rings (SSSR count). The number of rotatable bonds is 8. The van der Waals surface area contributed by atoms with E-state index in [0.29, 0.717) is 13.0 Å². The summed E-state index contributed by atoms with van der Waals surface area (Å²) in [5, 5.41) is 17.0. The van der Waals surface area contributed by atoms with Crippen LogP contribution in [0.3, 0.4) is 0 Å². The van der Waals surface area contributed by atoms with E-state index in [9.17, 15) is 4.79 Å². The molecule has 1 saturated heterocycles. The molecule has 0 saturated carbocycles. The van der Waals surface area contributed by atoms with E-state index < -0.39 is 0 Å². The van der Waals surface area contributed by atoms with Gasteiger partial charge in [-0.05, 0) is 31.2 Å². The number of amides is 1. The van der Waals surface area contributed by atoms with Crippen molar-refractivity contribution in [3.63, 3.8) is 0 Å². The second-order valence-electron chi connectivity index (χ2n) is 6.58. The second kappa shape index (κ2) is 9.50. The lowest BCUT2D eigenvalue weighted by Gasteiger charge is -2.16. The summed E-state index contributed by atoms with van der Waals surface area (Å²) in [4.78, 5) is 19.5. The first kappa shape index (κ1) is 19.3. The molecule has 2 aromatic heterocycles. The summed E-state index contributed by atoms with van der Waals surface area (Å²) < 4.78 is 1.94. The maximum Gasteiger partial charge on any atom is 0.222 e. The molecule has 2 aromatic rings. The van der Waals surface area contributed by atoms with Gasteiger partial charge < -0.3 is 20.1 Å². The van der Waals surface area contributed by atoms with Gasteiger partial charge in [-0.25, -0.2) is 4.99 Å². The first-order chi connectivity index (χ1) is 13.1. The van der Waals surface area contributed by atoms with Gasteiger partial charge in [-0.15, -0.1) is 21.5 Å². The molecule has 8 nitrogen and oxygen atoms in total. The van der Waals surface area contributed by atoms with Gasteiger partial charge in [0.05, 0.1) is 6.54 Å². The molecule has 0 atom stereocenters. The molecular formula is C18H27N7OS. The number of aromatic nitrogens is 3. The number of hydrogen-bond donors (Lipinski definition) is 2. The highest BCUT2D eigenvalue weighted by Gasteiger charge is 2.18. The van der Waals surface area contributed by atoms with Gasteiger partial charge in [-0.3, -0.25) is 4.79 Å². The third-order valence-electron chi connectivity index (χ3n) is 4.64. The van der Waals surface area contributed by atoms with Crippen molar-refractivity contribution in [3.05, 3.63) is 34.0 Å². The molecule has 1 amide bonds. The standard InChI is InChI=1S/C18H27N7OS/c1-14-22-23-16(24(14)2)13-21-18(20-12-15-6-4-11-27-15)19-8-5-10-25-9-3-7-17(25)26/h4,6,11H,3,5,7-10,12-13H2,1-2H3,(H2,19,20,21). The monoisotopic (exact) mass is 389 g/mol. The number of carbonyl (C=O) groups is 1. The third kappa shape index (κ3) is 5.53. The highest BCUT2D eigenvalue weighted by Crippen LogP contribution is 2.09. The minimum atomic E-state index is 0.275. The van der Waals surface area contributed by atoms with Gasteiger partial charge in [0.25, 0.3) is 0 Å². The van der Waals surface area contributed by atoms with Crippen LogP contribution in [0.15, 0.2) is 22.5 Å². The van der Waals surface area contributed by atoms with Crippen LogP contribution in [0, 0.1) is 6.92 Å². The van der Waals surface area contributed by atoms with E-state index in [1.807, 2.05) is 29.5 Å². The quantitative estimate of drug-likeness (QED) is 0.405. The number of aryl methyl sites for hydroxylation is 1. The molecule has 2 N–H and O–H groups in total. The molecule has 9 heteroatoms. The fourth-order valence-electron chi connectivity index (χ4n) is 2.91. The van der Waals surface area contributed by atoms with E-state index in [1.165, 1.54) is 4.88 Å². The van der Waals surface area contributed by atoms with Crippen LogP contribution in [0.1, 0.15) is 35.8 Å². The Hall–Kier alpha value is -2.42. The number of carbonyl (C=O) groups excluding carboxylic acids is 1. The summed E-state index contributed by atoms with van der Waals surface area (Å²) in [5.41, 5.74) is 0. The molecule has 1 aliphatic rings. The number of nitrogens with one attached hydrogen (secondary N) is 2. The highest BCUT2D eigenvalue weighted by molar-refractivity contribution is 7.09. The Bertz CT molecular complexity index is 769. The lowest BCUT2D eigenvalue weighted by atomic mass is 10.4. The molecule has 1 aliphatic heterocycles. The first-order valence-electron chi connectivity index (χ1n) is 9.30. The normalized spacial score (nSPS) is 14.8. The minimum Gasteiger partial charge on any atom is -0.356 e. The van der Waals surface area contributed by atoms with Crippen molar-refractivity contribution in [2.75, 3.05) is 19.6 Å². The Morgan fingerprint density at radius 2 is 2.26 bits per heavy atom. The van der Waals surface area contributed by atoms with Crippen LogP contribution in [-0.4, -0.2) is 51.2 Å². The zero-order valence-corrected chi connectivity index (χ0v) is 16.8. The lowest BCUT2D eigenvalue weighted by Crippen LogP contribution is -2.38. The average Bonchev–Trinajstić information content (AvgIpc) is 3.39. The SMILES string of the molecule is Cc1nnc(CN=C(NCCCN2CCCC2=O)NCc2cccs2)n1C. The molecule has 146 valence electrons. The minimum absolute atomic E-state index is 0.275. The van der Waals surface area contributed by atoms with Crippen molar-refractivity contribution < 1.29 is 4.79 Å². The van der Waals surface area contributed by atoms with Crippen molar-refractivity contribution in [3.8, 4) is 0 Å². The van der Waals surface area contributed by atoms with E-state index in [2.05, 4.69) is 37.3 Å². The number of guanidine groups is 1. The van der Waals surface area contributed by atoms with E-state index in [1.54, 1.807) is 11.3 Å².